The van der Waals surface area contributed by atoms with Gasteiger partial charge in [0.2, 0.25) is 0 Å². The summed E-state index contributed by atoms with van der Waals surface area (Å²) in [4.78, 5) is 0. The van der Waals surface area contributed by atoms with Gasteiger partial charge in [-0.1, -0.05) is 6.42 Å². The predicted molar refractivity (Wildman–Crippen MR) is 40.0 cm³/mol. The maximum Gasteiger partial charge on any atom is 0.0823 e. The highest BCUT2D eigenvalue weighted by Crippen LogP contribution is 2.26. The van der Waals surface area contributed by atoms with Crippen LogP contribution in [0.25, 0.3) is 0 Å². The molecule has 0 unspecified atom stereocenters. The minimum Gasteiger partial charge on any atom is -0.375 e. The smallest absolute Gasteiger partial charge is 0.0823 e. The molecule has 2 rings (SSSR count). The molecular weight excluding hydrogens is 126 g/mol. The summed E-state index contributed by atoms with van der Waals surface area (Å²) in [6.45, 7) is 3.17. The fraction of sp³-hybridized carbons (Fsp3) is 1.00. The molecule has 1 heterocycles. The van der Waals surface area contributed by atoms with E-state index in [1.54, 1.807) is 0 Å². The Kier molecular flexibility index (Phi) is 1.91. The van der Waals surface area contributed by atoms with Crippen molar-refractivity contribution >= 4 is 0 Å². The normalized spacial score (nSPS) is 27.6. The number of ether oxygens (including phenoxy) is 1. The third kappa shape index (κ3) is 1.32. The van der Waals surface area contributed by atoms with Crippen LogP contribution in [-0.2, 0) is 4.74 Å². The molecule has 1 saturated heterocycles. The number of hydrogen-bond acceptors (Lipinski definition) is 2. The van der Waals surface area contributed by atoms with Crippen molar-refractivity contribution in [1.29, 1.82) is 0 Å². The monoisotopic (exact) mass is 141 g/mol. The van der Waals surface area contributed by atoms with Crippen LogP contribution in [-0.4, -0.2) is 25.8 Å². The average Bonchev–Trinajstić information content (AvgIpc) is 1.70. The second-order valence-corrected chi connectivity index (χ2v) is 3.41. The summed E-state index contributed by atoms with van der Waals surface area (Å²) in [6, 6.07) is 0. The summed E-state index contributed by atoms with van der Waals surface area (Å²) in [5.41, 5.74) is 0. The molecule has 1 aliphatic heterocycles. The molecule has 2 aliphatic rings. The van der Waals surface area contributed by atoms with Crippen LogP contribution < -0.4 is 5.32 Å². The molecule has 2 nitrogen and oxygen atoms in total. The van der Waals surface area contributed by atoms with Gasteiger partial charge >= 0.3 is 0 Å². The first kappa shape index (κ1) is 6.62. The molecule has 1 N–H and O–H groups in total. The van der Waals surface area contributed by atoms with E-state index in [2.05, 4.69) is 5.32 Å². The third-order valence-electron chi connectivity index (χ3n) is 2.54. The Morgan fingerprint density at radius 3 is 2.50 bits per heavy atom. The molecule has 1 aliphatic carbocycles. The van der Waals surface area contributed by atoms with E-state index in [-0.39, 0.29) is 0 Å². The minimum absolute atomic E-state index is 0.542. The highest BCUT2D eigenvalue weighted by Gasteiger charge is 2.22. The number of nitrogens with one attached hydrogen (secondary N) is 1. The molecule has 0 bridgehead atoms. The van der Waals surface area contributed by atoms with Crippen LogP contribution in [0, 0.1) is 5.92 Å². The largest absolute Gasteiger partial charge is 0.375 e. The van der Waals surface area contributed by atoms with Crippen molar-refractivity contribution in [3.63, 3.8) is 0 Å². The molecule has 0 atom stereocenters. The molecule has 2 heteroatoms. The van der Waals surface area contributed by atoms with Gasteiger partial charge in [0.25, 0.3) is 0 Å². The summed E-state index contributed by atoms with van der Waals surface area (Å²) in [6.07, 6.45) is 4.78. The fourth-order valence-corrected chi connectivity index (χ4v) is 1.31. The predicted octanol–water partition coefficient (Wildman–Crippen LogP) is 0.775. The zero-order chi connectivity index (χ0) is 6.81. The summed E-state index contributed by atoms with van der Waals surface area (Å²) in [5, 5.41) is 3.20. The van der Waals surface area contributed by atoms with Crippen molar-refractivity contribution in [3.05, 3.63) is 0 Å². The Morgan fingerprint density at radius 2 is 2.10 bits per heavy atom. The van der Waals surface area contributed by atoms with E-state index in [1.165, 1.54) is 19.3 Å². The summed E-state index contributed by atoms with van der Waals surface area (Å²) >= 11 is 0. The first-order valence-electron chi connectivity index (χ1n) is 4.27. The molecule has 0 radical (unpaired) electrons. The van der Waals surface area contributed by atoms with Gasteiger partial charge in [0.1, 0.15) is 0 Å². The minimum atomic E-state index is 0.542. The van der Waals surface area contributed by atoms with E-state index in [0.717, 1.165) is 25.6 Å². The highest BCUT2D eigenvalue weighted by atomic mass is 16.5. The molecule has 0 aromatic carbocycles. The number of hydrogen-bond donors (Lipinski definition) is 1. The van der Waals surface area contributed by atoms with Crippen LogP contribution in [0.3, 0.4) is 0 Å². The maximum absolute atomic E-state index is 5.62. The van der Waals surface area contributed by atoms with Gasteiger partial charge in [0, 0.05) is 19.7 Å². The van der Waals surface area contributed by atoms with Crippen LogP contribution in [0.15, 0.2) is 0 Å². The Hall–Kier alpha value is -0.0800. The van der Waals surface area contributed by atoms with Gasteiger partial charge in [-0.2, -0.15) is 0 Å². The standard InChI is InChI=1S/C8H15NO/c1-2-7(3-1)6-10-8-4-9-5-8/h7-9H,1-6H2. The van der Waals surface area contributed by atoms with Crippen LogP contribution in [0.5, 0.6) is 0 Å². The average molecular weight is 141 g/mol. The first-order valence-corrected chi connectivity index (χ1v) is 4.27. The van der Waals surface area contributed by atoms with Crippen LogP contribution in [0.2, 0.25) is 0 Å². The zero-order valence-corrected chi connectivity index (χ0v) is 6.31. The molecule has 0 aromatic heterocycles. The van der Waals surface area contributed by atoms with E-state index < -0.39 is 0 Å². The van der Waals surface area contributed by atoms with Crippen LogP contribution in [0.4, 0.5) is 0 Å². The van der Waals surface area contributed by atoms with Crippen molar-refractivity contribution in [1.82, 2.24) is 5.32 Å². The van der Waals surface area contributed by atoms with Gasteiger partial charge < -0.3 is 10.1 Å². The molecule has 1 saturated carbocycles. The van der Waals surface area contributed by atoms with E-state index in [9.17, 15) is 0 Å². The van der Waals surface area contributed by atoms with Gasteiger partial charge in [-0.3, -0.25) is 0 Å². The summed E-state index contributed by atoms with van der Waals surface area (Å²) < 4.78 is 5.62. The highest BCUT2D eigenvalue weighted by molar-refractivity contribution is 4.76. The number of rotatable bonds is 3. The van der Waals surface area contributed by atoms with E-state index in [1.807, 2.05) is 0 Å². The molecular formula is C8H15NO. The Balaban J connectivity index is 1.54. The Labute approximate surface area is 61.9 Å². The zero-order valence-electron chi connectivity index (χ0n) is 6.31. The quantitative estimate of drug-likeness (QED) is 0.627. The Morgan fingerprint density at radius 1 is 1.30 bits per heavy atom. The van der Waals surface area contributed by atoms with E-state index in [0.29, 0.717) is 6.10 Å². The van der Waals surface area contributed by atoms with Crippen LogP contribution in [0.1, 0.15) is 19.3 Å². The van der Waals surface area contributed by atoms with Crippen molar-refractivity contribution < 1.29 is 4.74 Å². The first-order chi connectivity index (χ1) is 4.95. The lowest BCUT2D eigenvalue weighted by atomic mass is 9.86. The lowest BCUT2D eigenvalue weighted by molar-refractivity contribution is -0.0149. The molecule has 0 spiro atoms. The molecule has 58 valence electrons. The second-order valence-electron chi connectivity index (χ2n) is 3.41. The third-order valence-corrected chi connectivity index (χ3v) is 2.54. The summed E-state index contributed by atoms with van der Waals surface area (Å²) in [7, 11) is 0. The van der Waals surface area contributed by atoms with E-state index >= 15 is 0 Å². The Bertz CT molecular complexity index is 93.8. The fourth-order valence-electron chi connectivity index (χ4n) is 1.31. The van der Waals surface area contributed by atoms with Gasteiger partial charge in [0.15, 0.2) is 0 Å². The van der Waals surface area contributed by atoms with Gasteiger partial charge in [-0.15, -0.1) is 0 Å². The van der Waals surface area contributed by atoms with Crippen molar-refractivity contribution in [2.45, 2.75) is 25.4 Å². The lowest BCUT2D eigenvalue weighted by Crippen LogP contribution is -2.49. The van der Waals surface area contributed by atoms with Crippen molar-refractivity contribution in [2.75, 3.05) is 19.7 Å². The SMILES string of the molecule is C1CC(COC2CNC2)C1. The molecule has 10 heavy (non-hydrogen) atoms. The van der Waals surface area contributed by atoms with Crippen molar-refractivity contribution in [2.24, 2.45) is 5.92 Å². The lowest BCUT2D eigenvalue weighted by Gasteiger charge is -2.31. The van der Waals surface area contributed by atoms with Gasteiger partial charge in [-0.05, 0) is 18.8 Å². The maximum atomic E-state index is 5.62. The molecule has 0 amide bonds. The molecule has 2 fully saturated rings. The second kappa shape index (κ2) is 2.89. The topological polar surface area (TPSA) is 21.3 Å². The van der Waals surface area contributed by atoms with Crippen LogP contribution >= 0.6 is 0 Å². The van der Waals surface area contributed by atoms with Crippen molar-refractivity contribution in [3.8, 4) is 0 Å². The van der Waals surface area contributed by atoms with Gasteiger partial charge in [-0.25, -0.2) is 0 Å². The van der Waals surface area contributed by atoms with Gasteiger partial charge in [0.05, 0.1) is 6.10 Å². The van der Waals surface area contributed by atoms with E-state index in [4.69, 9.17) is 4.74 Å². The molecule has 0 aromatic rings. The summed E-state index contributed by atoms with van der Waals surface area (Å²) in [5.74, 6) is 0.903.